The van der Waals surface area contributed by atoms with Crippen LogP contribution in [-0.4, -0.2) is 27.4 Å². The molecule has 5 heteroatoms. The zero-order chi connectivity index (χ0) is 17.4. The summed E-state index contributed by atoms with van der Waals surface area (Å²) in [6.45, 7) is 0. The van der Waals surface area contributed by atoms with E-state index in [1.165, 1.54) is 11.3 Å². The van der Waals surface area contributed by atoms with Gasteiger partial charge in [-0.15, -0.1) is 0 Å². The van der Waals surface area contributed by atoms with Crippen LogP contribution in [0.25, 0.3) is 11.6 Å². The molecule has 4 rings (SSSR count). The average Bonchev–Trinajstić information content (AvgIpc) is 3.11. The van der Waals surface area contributed by atoms with Crippen LogP contribution < -0.4 is 5.32 Å². The van der Waals surface area contributed by atoms with E-state index in [1.54, 1.807) is 0 Å². The molecule has 0 unspecified atom stereocenters. The molecule has 1 aliphatic carbocycles. The van der Waals surface area contributed by atoms with Gasteiger partial charge in [0, 0.05) is 29.1 Å². The number of hydrogen-bond acceptors (Lipinski definition) is 3. The smallest absolute Gasteiger partial charge is 0.256 e. The summed E-state index contributed by atoms with van der Waals surface area (Å²) in [5, 5.41) is 21.4. The molecule has 0 spiro atoms. The molecule has 1 amide bonds. The van der Waals surface area contributed by atoms with Crippen molar-refractivity contribution in [3.63, 3.8) is 0 Å². The number of carbonyl (C=O) groups is 1. The second-order valence-corrected chi connectivity index (χ2v) is 6.76. The molecule has 0 saturated heterocycles. The van der Waals surface area contributed by atoms with Crippen molar-refractivity contribution in [2.75, 3.05) is 5.32 Å². The number of fused-ring (bicyclic) bond motifs is 2. The lowest BCUT2D eigenvalue weighted by atomic mass is 9.92. The quantitative estimate of drug-likeness (QED) is 0.511. The van der Waals surface area contributed by atoms with Crippen molar-refractivity contribution in [2.24, 2.45) is 0 Å². The first-order valence-corrected chi connectivity index (χ1v) is 8.84. The van der Waals surface area contributed by atoms with E-state index in [1.807, 2.05) is 30.3 Å². The monoisotopic (exact) mass is 338 g/mol. The number of nitrogens with one attached hydrogen (secondary N) is 2. The molecule has 1 aromatic carbocycles. The first-order valence-electron chi connectivity index (χ1n) is 8.84. The van der Waals surface area contributed by atoms with Crippen LogP contribution in [0.4, 0.5) is 5.69 Å². The fourth-order valence-corrected chi connectivity index (χ4v) is 3.89. The third kappa shape index (κ3) is 3.01. The number of H-pyrrole nitrogens is 1. The van der Waals surface area contributed by atoms with E-state index < -0.39 is 6.29 Å². The zero-order valence-corrected chi connectivity index (χ0v) is 14.0. The van der Waals surface area contributed by atoms with Gasteiger partial charge < -0.3 is 20.5 Å². The van der Waals surface area contributed by atoms with E-state index in [0.29, 0.717) is 18.4 Å². The highest BCUT2D eigenvalue weighted by atomic mass is 16.5. The van der Waals surface area contributed by atoms with Crippen molar-refractivity contribution in [3.05, 3.63) is 52.3 Å². The second-order valence-electron chi connectivity index (χ2n) is 6.76. The third-order valence-corrected chi connectivity index (χ3v) is 5.09. The Balaban J connectivity index is 1.77. The number of aliphatic hydroxyl groups is 2. The molecule has 2 aliphatic rings. The fourth-order valence-electron chi connectivity index (χ4n) is 3.89. The van der Waals surface area contributed by atoms with Crippen LogP contribution in [0.2, 0.25) is 0 Å². The second kappa shape index (κ2) is 6.50. The minimum Gasteiger partial charge on any atom is -0.368 e. The number of amides is 1. The van der Waals surface area contributed by atoms with E-state index in [0.717, 1.165) is 48.2 Å². The van der Waals surface area contributed by atoms with Crippen LogP contribution in [0.15, 0.2) is 24.3 Å². The maximum atomic E-state index is 12.4. The van der Waals surface area contributed by atoms with E-state index in [4.69, 9.17) is 0 Å². The van der Waals surface area contributed by atoms with Gasteiger partial charge in [-0.25, -0.2) is 0 Å². The number of aryl methyl sites for hydroxylation is 1. The van der Waals surface area contributed by atoms with E-state index >= 15 is 0 Å². The molecule has 0 bridgehead atoms. The Bertz CT molecular complexity index is 849. The maximum absolute atomic E-state index is 12.4. The summed E-state index contributed by atoms with van der Waals surface area (Å²) in [5.41, 5.74) is 6.97. The summed E-state index contributed by atoms with van der Waals surface area (Å²) in [6, 6.07) is 7.68. The summed E-state index contributed by atoms with van der Waals surface area (Å²) in [7, 11) is 0. The first-order chi connectivity index (χ1) is 12.1. The minimum absolute atomic E-state index is 0.0954. The van der Waals surface area contributed by atoms with Gasteiger partial charge in [-0.3, -0.25) is 4.79 Å². The van der Waals surface area contributed by atoms with Crippen molar-refractivity contribution in [1.82, 2.24) is 4.98 Å². The summed E-state index contributed by atoms with van der Waals surface area (Å²) >= 11 is 0. The Morgan fingerprint density at radius 3 is 2.80 bits per heavy atom. The van der Waals surface area contributed by atoms with Crippen LogP contribution in [0.1, 0.15) is 47.3 Å². The number of anilines is 1. The molecular weight excluding hydrogens is 316 g/mol. The molecular formula is C20H22N2O3. The fraction of sp³-hybridized carbons (Fsp3) is 0.350. The van der Waals surface area contributed by atoms with Crippen LogP contribution in [0.5, 0.6) is 0 Å². The highest BCUT2D eigenvalue weighted by molar-refractivity contribution is 6.34. The Hall–Kier alpha value is -2.37. The Kier molecular flexibility index (Phi) is 4.19. The van der Waals surface area contributed by atoms with Gasteiger partial charge in [0.25, 0.3) is 5.91 Å². The normalized spacial score (nSPS) is 17.7. The summed E-state index contributed by atoms with van der Waals surface area (Å²) in [6.07, 6.45) is 5.82. The molecule has 0 saturated carbocycles. The molecule has 0 radical (unpaired) electrons. The highest BCUT2D eigenvalue weighted by Crippen LogP contribution is 2.35. The molecule has 1 aliphatic heterocycles. The van der Waals surface area contributed by atoms with Crippen molar-refractivity contribution >= 4 is 23.2 Å². The van der Waals surface area contributed by atoms with Crippen molar-refractivity contribution in [3.8, 4) is 0 Å². The molecule has 0 atom stereocenters. The number of benzene rings is 1. The van der Waals surface area contributed by atoms with Gasteiger partial charge in [-0.05, 0) is 55.4 Å². The predicted octanol–water partition coefficient (Wildman–Crippen LogP) is 2.63. The van der Waals surface area contributed by atoms with Crippen LogP contribution in [0.3, 0.4) is 0 Å². The van der Waals surface area contributed by atoms with Gasteiger partial charge in [-0.1, -0.05) is 18.2 Å². The lowest BCUT2D eigenvalue weighted by Crippen LogP contribution is -2.08. The standard InChI is InChI=1S/C20H22N2O3/c23-19(24)10-9-14-12-5-1-3-7-16(12)21-18(14)11-15-13-6-2-4-8-17(13)22-20(15)25/h2,4,6,8,11,19,21,23-24H,1,3,5,7,9-10H2,(H,22,25)/b15-11-. The van der Waals surface area contributed by atoms with Crippen LogP contribution in [0, 0.1) is 0 Å². The number of aliphatic hydroxyl groups excluding tert-OH is 1. The van der Waals surface area contributed by atoms with Gasteiger partial charge in [0.1, 0.15) is 0 Å². The molecule has 0 fully saturated rings. The summed E-state index contributed by atoms with van der Waals surface area (Å²) in [4.78, 5) is 15.9. The number of rotatable bonds is 4. The molecule has 25 heavy (non-hydrogen) atoms. The number of hydrogen-bond donors (Lipinski definition) is 4. The van der Waals surface area contributed by atoms with Gasteiger partial charge in [-0.2, -0.15) is 0 Å². The maximum Gasteiger partial charge on any atom is 0.256 e. The lowest BCUT2D eigenvalue weighted by molar-refractivity contribution is -0.110. The summed E-state index contributed by atoms with van der Waals surface area (Å²) < 4.78 is 0. The van der Waals surface area contributed by atoms with Crippen molar-refractivity contribution in [1.29, 1.82) is 0 Å². The topological polar surface area (TPSA) is 85.4 Å². The Labute approximate surface area is 146 Å². The molecule has 1 aromatic heterocycles. The van der Waals surface area contributed by atoms with Gasteiger partial charge >= 0.3 is 0 Å². The number of aromatic nitrogens is 1. The SMILES string of the molecule is O=C1Nc2ccccc2/C1=C/c1[nH]c2c(c1CCC(O)O)CCCC2. The van der Waals surface area contributed by atoms with Crippen LogP contribution >= 0.6 is 0 Å². The number of carbonyl (C=O) groups excluding carboxylic acids is 1. The largest absolute Gasteiger partial charge is 0.368 e. The van der Waals surface area contributed by atoms with Gasteiger partial charge in [0.2, 0.25) is 0 Å². The molecule has 2 aromatic rings. The van der Waals surface area contributed by atoms with E-state index in [9.17, 15) is 15.0 Å². The van der Waals surface area contributed by atoms with E-state index in [-0.39, 0.29) is 5.91 Å². The highest BCUT2D eigenvalue weighted by Gasteiger charge is 2.25. The molecule has 2 heterocycles. The minimum atomic E-state index is -1.31. The van der Waals surface area contributed by atoms with Crippen molar-refractivity contribution in [2.45, 2.75) is 44.8 Å². The van der Waals surface area contributed by atoms with Gasteiger partial charge in [0.15, 0.2) is 6.29 Å². The Morgan fingerprint density at radius 2 is 1.96 bits per heavy atom. The third-order valence-electron chi connectivity index (χ3n) is 5.09. The van der Waals surface area contributed by atoms with E-state index in [2.05, 4.69) is 10.3 Å². The zero-order valence-electron chi connectivity index (χ0n) is 14.0. The first kappa shape index (κ1) is 16.1. The predicted molar refractivity (Wildman–Crippen MR) is 96.9 cm³/mol. The molecule has 5 nitrogen and oxygen atoms in total. The van der Waals surface area contributed by atoms with Crippen molar-refractivity contribution < 1.29 is 15.0 Å². The average molecular weight is 338 g/mol. The number of para-hydroxylation sites is 1. The van der Waals surface area contributed by atoms with Gasteiger partial charge in [0.05, 0.1) is 5.57 Å². The van der Waals surface area contributed by atoms with Crippen LogP contribution in [-0.2, 0) is 24.1 Å². The molecule has 4 N–H and O–H groups in total. The Morgan fingerprint density at radius 1 is 1.16 bits per heavy atom. The number of aromatic amines is 1. The summed E-state index contributed by atoms with van der Waals surface area (Å²) in [5.74, 6) is -0.0954. The lowest BCUT2D eigenvalue weighted by Gasteiger charge is -2.13. The molecule has 130 valence electrons.